The van der Waals surface area contributed by atoms with E-state index in [4.69, 9.17) is 10.5 Å². The van der Waals surface area contributed by atoms with Gasteiger partial charge < -0.3 is 15.8 Å². The van der Waals surface area contributed by atoms with Gasteiger partial charge in [-0.1, -0.05) is 26.0 Å². The second-order valence-corrected chi connectivity index (χ2v) is 6.06. The molecule has 1 amide bonds. The fourth-order valence-corrected chi connectivity index (χ4v) is 2.73. The first kappa shape index (κ1) is 14.9. The van der Waals surface area contributed by atoms with E-state index in [0.29, 0.717) is 17.9 Å². The number of aryl methyl sites for hydroxylation is 1. The van der Waals surface area contributed by atoms with E-state index in [9.17, 15) is 4.79 Å². The minimum Gasteiger partial charge on any atom is -0.398 e. The van der Waals surface area contributed by atoms with Gasteiger partial charge in [0.25, 0.3) is 5.91 Å². The number of nitrogens with one attached hydrogen (secondary N) is 1. The first-order chi connectivity index (χ1) is 9.37. The van der Waals surface area contributed by atoms with E-state index in [1.54, 1.807) is 6.07 Å². The molecular formula is C16H24N2O2. The third-order valence-corrected chi connectivity index (χ3v) is 4.42. The molecule has 0 heterocycles. The average Bonchev–Trinajstić information content (AvgIpc) is 2.40. The highest BCUT2D eigenvalue weighted by atomic mass is 16.5. The van der Waals surface area contributed by atoms with Crippen molar-refractivity contribution in [3.63, 3.8) is 0 Å². The summed E-state index contributed by atoms with van der Waals surface area (Å²) >= 11 is 0. The van der Waals surface area contributed by atoms with Crippen LogP contribution in [0.25, 0.3) is 0 Å². The molecule has 2 rings (SSSR count). The number of anilines is 1. The van der Waals surface area contributed by atoms with E-state index in [-0.39, 0.29) is 23.5 Å². The van der Waals surface area contributed by atoms with Crippen LogP contribution in [0, 0.1) is 12.3 Å². The summed E-state index contributed by atoms with van der Waals surface area (Å²) in [5, 5.41) is 3.08. The monoisotopic (exact) mass is 276 g/mol. The number of para-hydroxylation sites is 1. The number of carbonyl (C=O) groups excluding carboxylic acids is 1. The summed E-state index contributed by atoms with van der Waals surface area (Å²) in [7, 11) is 0. The SMILES string of the molecule is CCOC1CC(NC(=O)c2cccc(C)c2N)C1(C)C. The summed E-state index contributed by atoms with van der Waals surface area (Å²) in [5.74, 6) is -0.0979. The maximum atomic E-state index is 12.3. The Balaban J connectivity index is 2.05. The molecule has 0 radical (unpaired) electrons. The Hall–Kier alpha value is -1.55. The molecule has 4 heteroatoms. The number of ether oxygens (including phenoxy) is 1. The number of carbonyl (C=O) groups is 1. The van der Waals surface area contributed by atoms with Crippen molar-refractivity contribution in [1.29, 1.82) is 0 Å². The van der Waals surface area contributed by atoms with E-state index in [0.717, 1.165) is 12.0 Å². The van der Waals surface area contributed by atoms with Crippen molar-refractivity contribution < 1.29 is 9.53 Å². The fraction of sp³-hybridized carbons (Fsp3) is 0.562. The molecule has 2 unspecified atom stereocenters. The quantitative estimate of drug-likeness (QED) is 0.831. The molecule has 1 aliphatic carbocycles. The van der Waals surface area contributed by atoms with Gasteiger partial charge in [-0.25, -0.2) is 0 Å². The molecule has 0 bridgehead atoms. The molecule has 1 aromatic rings. The molecule has 0 aromatic heterocycles. The lowest BCUT2D eigenvalue weighted by molar-refractivity contribution is -0.111. The van der Waals surface area contributed by atoms with Gasteiger partial charge in [-0.15, -0.1) is 0 Å². The molecule has 0 saturated heterocycles. The molecule has 0 spiro atoms. The lowest BCUT2D eigenvalue weighted by Crippen LogP contribution is -2.62. The Morgan fingerprint density at radius 1 is 1.50 bits per heavy atom. The minimum absolute atomic E-state index is 0.0374. The van der Waals surface area contributed by atoms with Crippen molar-refractivity contribution in [2.75, 3.05) is 12.3 Å². The molecule has 20 heavy (non-hydrogen) atoms. The van der Waals surface area contributed by atoms with E-state index in [1.165, 1.54) is 0 Å². The topological polar surface area (TPSA) is 64.3 Å². The van der Waals surface area contributed by atoms with Crippen LogP contribution in [0.15, 0.2) is 18.2 Å². The molecule has 3 N–H and O–H groups in total. The molecule has 2 atom stereocenters. The van der Waals surface area contributed by atoms with Crippen molar-refractivity contribution in [2.24, 2.45) is 5.41 Å². The summed E-state index contributed by atoms with van der Waals surface area (Å²) in [4.78, 5) is 12.3. The fourth-order valence-electron chi connectivity index (χ4n) is 2.73. The van der Waals surface area contributed by atoms with E-state index >= 15 is 0 Å². The van der Waals surface area contributed by atoms with Gasteiger partial charge in [0, 0.05) is 23.8 Å². The van der Waals surface area contributed by atoms with Crippen LogP contribution in [-0.2, 0) is 4.74 Å². The summed E-state index contributed by atoms with van der Waals surface area (Å²) in [5.41, 5.74) is 7.98. The number of nitrogen functional groups attached to an aromatic ring is 1. The van der Waals surface area contributed by atoms with Gasteiger partial charge in [-0.05, 0) is 31.9 Å². The predicted octanol–water partition coefficient (Wildman–Crippen LogP) is 2.51. The largest absolute Gasteiger partial charge is 0.398 e. The number of benzene rings is 1. The third kappa shape index (κ3) is 2.52. The van der Waals surface area contributed by atoms with Gasteiger partial charge in [0.15, 0.2) is 0 Å². The molecule has 0 aliphatic heterocycles. The van der Waals surface area contributed by atoms with Crippen molar-refractivity contribution in [2.45, 2.75) is 46.3 Å². The van der Waals surface area contributed by atoms with Crippen LogP contribution in [0.3, 0.4) is 0 Å². The van der Waals surface area contributed by atoms with Crippen LogP contribution in [0.4, 0.5) is 5.69 Å². The normalized spacial score (nSPS) is 24.0. The molecule has 1 aromatic carbocycles. The molecule has 1 fully saturated rings. The highest BCUT2D eigenvalue weighted by Gasteiger charge is 2.49. The molecule has 1 aliphatic rings. The lowest BCUT2D eigenvalue weighted by Gasteiger charge is -2.51. The zero-order valence-electron chi connectivity index (χ0n) is 12.7. The summed E-state index contributed by atoms with van der Waals surface area (Å²) in [6.07, 6.45) is 1.07. The van der Waals surface area contributed by atoms with Gasteiger partial charge in [0.2, 0.25) is 0 Å². The third-order valence-electron chi connectivity index (χ3n) is 4.42. The maximum absolute atomic E-state index is 12.3. The molecular weight excluding hydrogens is 252 g/mol. The summed E-state index contributed by atoms with van der Waals surface area (Å²) < 4.78 is 5.68. The number of rotatable bonds is 4. The second-order valence-electron chi connectivity index (χ2n) is 6.06. The van der Waals surface area contributed by atoms with E-state index in [2.05, 4.69) is 19.2 Å². The summed E-state index contributed by atoms with van der Waals surface area (Å²) in [6, 6.07) is 5.66. The first-order valence-electron chi connectivity index (χ1n) is 7.15. The Bertz CT molecular complexity index is 511. The van der Waals surface area contributed by atoms with Crippen molar-refractivity contribution in [3.8, 4) is 0 Å². The van der Waals surface area contributed by atoms with Crippen LogP contribution >= 0.6 is 0 Å². The number of hydrogen-bond acceptors (Lipinski definition) is 3. The number of nitrogens with two attached hydrogens (primary N) is 1. The standard InChI is InChI=1S/C16H24N2O2/c1-5-20-13-9-12(16(13,3)4)18-15(19)11-8-6-7-10(2)14(11)17/h6-8,12-13H,5,9,17H2,1-4H3,(H,18,19). The van der Waals surface area contributed by atoms with Gasteiger partial charge in [-0.3, -0.25) is 4.79 Å². The highest BCUT2D eigenvalue weighted by Crippen LogP contribution is 2.42. The summed E-state index contributed by atoms with van der Waals surface area (Å²) in [6.45, 7) is 8.86. The van der Waals surface area contributed by atoms with Gasteiger partial charge in [0.05, 0.1) is 11.7 Å². The van der Waals surface area contributed by atoms with Crippen molar-refractivity contribution in [3.05, 3.63) is 29.3 Å². The molecule has 1 saturated carbocycles. The van der Waals surface area contributed by atoms with E-state index in [1.807, 2.05) is 26.0 Å². The number of hydrogen-bond donors (Lipinski definition) is 2. The second kappa shape index (κ2) is 5.44. The van der Waals surface area contributed by atoms with Crippen molar-refractivity contribution in [1.82, 2.24) is 5.32 Å². The Kier molecular flexibility index (Phi) is 4.04. The Labute approximate surface area is 120 Å². The van der Waals surface area contributed by atoms with Gasteiger partial charge >= 0.3 is 0 Å². The van der Waals surface area contributed by atoms with Crippen molar-refractivity contribution >= 4 is 11.6 Å². The average molecular weight is 276 g/mol. The minimum atomic E-state index is -0.0979. The lowest BCUT2D eigenvalue weighted by atomic mass is 9.64. The zero-order valence-corrected chi connectivity index (χ0v) is 12.7. The molecule has 4 nitrogen and oxygen atoms in total. The Morgan fingerprint density at radius 2 is 2.20 bits per heavy atom. The van der Waals surface area contributed by atoms with Crippen LogP contribution in [-0.4, -0.2) is 24.7 Å². The van der Waals surface area contributed by atoms with E-state index < -0.39 is 0 Å². The van der Waals surface area contributed by atoms with Gasteiger partial charge in [-0.2, -0.15) is 0 Å². The maximum Gasteiger partial charge on any atom is 0.253 e. The molecule has 110 valence electrons. The van der Waals surface area contributed by atoms with Crippen LogP contribution < -0.4 is 11.1 Å². The first-order valence-corrected chi connectivity index (χ1v) is 7.15. The van der Waals surface area contributed by atoms with Gasteiger partial charge in [0.1, 0.15) is 0 Å². The number of amides is 1. The predicted molar refractivity (Wildman–Crippen MR) is 80.7 cm³/mol. The Morgan fingerprint density at radius 3 is 2.80 bits per heavy atom. The van der Waals surface area contributed by atoms with Crippen LogP contribution in [0.1, 0.15) is 43.1 Å². The highest BCUT2D eigenvalue weighted by molar-refractivity contribution is 6.00. The zero-order chi connectivity index (χ0) is 14.9. The van der Waals surface area contributed by atoms with Crippen LogP contribution in [0.2, 0.25) is 0 Å². The smallest absolute Gasteiger partial charge is 0.253 e. The van der Waals surface area contributed by atoms with Crippen LogP contribution in [0.5, 0.6) is 0 Å².